The lowest BCUT2D eigenvalue weighted by atomic mass is 10.1. The van der Waals surface area contributed by atoms with Gasteiger partial charge in [0.2, 0.25) is 0 Å². The van der Waals surface area contributed by atoms with Crippen molar-refractivity contribution < 1.29 is 5.48 Å². The van der Waals surface area contributed by atoms with Gasteiger partial charge in [-0.15, -0.1) is 0 Å². The summed E-state index contributed by atoms with van der Waals surface area (Å²) in [6.07, 6.45) is 0. The molecule has 0 radical (unpaired) electrons. The van der Waals surface area contributed by atoms with Crippen molar-refractivity contribution in [3.63, 3.8) is 0 Å². The molecule has 0 fully saturated rings. The van der Waals surface area contributed by atoms with Crippen LogP contribution in [0.3, 0.4) is 0 Å². The fourth-order valence-electron chi connectivity index (χ4n) is 2.77. The molecule has 0 unspecified atom stereocenters. The summed E-state index contributed by atoms with van der Waals surface area (Å²) in [5, 5.41) is 5.37. The topological polar surface area (TPSA) is 31.5 Å². The first kappa shape index (κ1) is 16.7. The molecule has 0 aliphatic heterocycles. The zero-order valence-electron chi connectivity index (χ0n) is 13.6. The van der Waals surface area contributed by atoms with E-state index in [4.69, 9.17) is 0 Å². The Hall–Kier alpha value is -2.64. The molecule has 0 bridgehead atoms. The Labute approximate surface area is 137 Å². The van der Waals surface area contributed by atoms with Crippen LogP contribution in [0, 0.1) is 13.8 Å². The molecule has 0 atom stereocenters. The molecule has 0 saturated heterocycles. The number of rotatable bonds is 0. The van der Waals surface area contributed by atoms with Gasteiger partial charge in [0.15, 0.2) is 0 Å². The SMILES string of the molecule is Cc1cccc2ccccc12.Cc1cccc2ccccc12.O. The summed E-state index contributed by atoms with van der Waals surface area (Å²) >= 11 is 0. The largest absolute Gasteiger partial charge is 0.412 e. The van der Waals surface area contributed by atoms with Gasteiger partial charge in [-0.1, -0.05) is 84.9 Å². The molecule has 0 aliphatic carbocycles. The van der Waals surface area contributed by atoms with Gasteiger partial charge in [0, 0.05) is 0 Å². The van der Waals surface area contributed by atoms with E-state index in [-0.39, 0.29) is 5.48 Å². The summed E-state index contributed by atoms with van der Waals surface area (Å²) in [5.74, 6) is 0. The molecule has 1 nitrogen and oxygen atoms in total. The highest BCUT2D eigenvalue weighted by Gasteiger charge is 1.92. The van der Waals surface area contributed by atoms with Crippen molar-refractivity contribution in [3.05, 3.63) is 96.1 Å². The monoisotopic (exact) mass is 302 g/mol. The second kappa shape index (κ2) is 7.57. The van der Waals surface area contributed by atoms with Gasteiger partial charge in [0.1, 0.15) is 0 Å². The van der Waals surface area contributed by atoms with Crippen LogP contribution >= 0.6 is 0 Å². The Balaban J connectivity index is 0.000000160. The summed E-state index contributed by atoms with van der Waals surface area (Å²) in [6.45, 7) is 4.28. The minimum absolute atomic E-state index is 0. The molecule has 0 aliphatic rings. The molecule has 4 aromatic rings. The van der Waals surface area contributed by atoms with E-state index in [0.717, 1.165) is 0 Å². The fraction of sp³-hybridized carbons (Fsp3) is 0.0909. The second-order valence-corrected chi connectivity index (χ2v) is 5.59. The number of benzene rings is 4. The van der Waals surface area contributed by atoms with Gasteiger partial charge in [-0.3, -0.25) is 0 Å². The van der Waals surface area contributed by atoms with Crippen molar-refractivity contribution in [2.75, 3.05) is 0 Å². The second-order valence-electron chi connectivity index (χ2n) is 5.59. The number of hydrogen-bond donors (Lipinski definition) is 0. The van der Waals surface area contributed by atoms with Crippen molar-refractivity contribution in [2.24, 2.45) is 0 Å². The molecule has 4 aromatic carbocycles. The molecular weight excluding hydrogens is 280 g/mol. The van der Waals surface area contributed by atoms with Gasteiger partial charge >= 0.3 is 0 Å². The number of fused-ring (bicyclic) bond motifs is 2. The minimum atomic E-state index is 0. The first-order chi connectivity index (χ1) is 10.8. The van der Waals surface area contributed by atoms with Crippen LogP contribution < -0.4 is 0 Å². The molecule has 0 saturated carbocycles. The van der Waals surface area contributed by atoms with Crippen LogP contribution in [-0.4, -0.2) is 5.48 Å². The summed E-state index contributed by atoms with van der Waals surface area (Å²) in [6, 6.07) is 29.7. The van der Waals surface area contributed by atoms with Gasteiger partial charge in [-0.25, -0.2) is 0 Å². The summed E-state index contributed by atoms with van der Waals surface area (Å²) in [5.41, 5.74) is 2.70. The Morgan fingerprint density at radius 2 is 0.783 bits per heavy atom. The summed E-state index contributed by atoms with van der Waals surface area (Å²) in [7, 11) is 0. The van der Waals surface area contributed by atoms with E-state index in [0.29, 0.717) is 0 Å². The lowest BCUT2D eigenvalue weighted by molar-refractivity contribution is 0.824. The Morgan fingerprint density at radius 3 is 1.17 bits per heavy atom. The third kappa shape index (κ3) is 3.77. The van der Waals surface area contributed by atoms with Crippen molar-refractivity contribution in [3.8, 4) is 0 Å². The fourth-order valence-corrected chi connectivity index (χ4v) is 2.77. The molecule has 0 aromatic heterocycles. The Bertz CT molecular complexity index is 822. The van der Waals surface area contributed by atoms with Crippen molar-refractivity contribution in [2.45, 2.75) is 13.8 Å². The van der Waals surface area contributed by atoms with Gasteiger partial charge in [-0.05, 0) is 46.5 Å². The van der Waals surface area contributed by atoms with Crippen LogP contribution in [0.1, 0.15) is 11.1 Å². The molecule has 0 amide bonds. The van der Waals surface area contributed by atoms with E-state index in [1.54, 1.807) is 0 Å². The average Bonchev–Trinajstić information content (AvgIpc) is 2.57. The van der Waals surface area contributed by atoms with Crippen molar-refractivity contribution >= 4 is 21.5 Å². The number of hydrogen-bond acceptors (Lipinski definition) is 0. The molecule has 0 heterocycles. The molecule has 2 N–H and O–H groups in total. The van der Waals surface area contributed by atoms with Crippen molar-refractivity contribution in [1.29, 1.82) is 0 Å². The van der Waals surface area contributed by atoms with E-state index in [2.05, 4.69) is 98.8 Å². The standard InChI is InChI=1S/2C11H10.H2O/c2*1-9-5-4-7-10-6-2-3-8-11(9)10;/h2*2-8H,1H3;1H2. The van der Waals surface area contributed by atoms with Crippen LogP contribution in [0.5, 0.6) is 0 Å². The lowest BCUT2D eigenvalue weighted by Gasteiger charge is -1.98. The molecule has 23 heavy (non-hydrogen) atoms. The van der Waals surface area contributed by atoms with E-state index in [1.807, 2.05) is 0 Å². The third-order valence-electron chi connectivity index (χ3n) is 4.02. The Morgan fingerprint density at radius 1 is 0.435 bits per heavy atom. The predicted octanol–water partition coefficient (Wildman–Crippen LogP) is 5.47. The maximum absolute atomic E-state index is 2.16. The number of aryl methyl sites for hydroxylation is 2. The minimum Gasteiger partial charge on any atom is -0.412 e. The van der Waals surface area contributed by atoms with E-state index < -0.39 is 0 Å². The van der Waals surface area contributed by atoms with Gasteiger partial charge in [0.05, 0.1) is 0 Å². The summed E-state index contributed by atoms with van der Waals surface area (Å²) < 4.78 is 0. The van der Waals surface area contributed by atoms with Crippen LogP contribution in [-0.2, 0) is 0 Å². The van der Waals surface area contributed by atoms with Gasteiger partial charge in [-0.2, -0.15) is 0 Å². The highest BCUT2D eigenvalue weighted by molar-refractivity contribution is 5.85. The van der Waals surface area contributed by atoms with Crippen LogP contribution in [0.15, 0.2) is 84.9 Å². The van der Waals surface area contributed by atoms with Crippen molar-refractivity contribution in [1.82, 2.24) is 0 Å². The van der Waals surface area contributed by atoms with E-state index in [9.17, 15) is 0 Å². The normalized spacial score (nSPS) is 9.83. The third-order valence-corrected chi connectivity index (χ3v) is 4.02. The molecular formula is C22H22O. The quantitative estimate of drug-likeness (QED) is 0.412. The summed E-state index contributed by atoms with van der Waals surface area (Å²) in [4.78, 5) is 0. The predicted molar refractivity (Wildman–Crippen MR) is 101 cm³/mol. The molecule has 1 heteroatoms. The first-order valence-corrected chi connectivity index (χ1v) is 7.64. The van der Waals surface area contributed by atoms with Crippen LogP contribution in [0.2, 0.25) is 0 Å². The molecule has 0 spiro atoms. The zero-order chi connectivity index (χ0) is 15.4. The van der Waals surface area contributed by atoms with Crippen LogP contribution in [0.25, 0.3) is 21.5 Å². The maximum atomic E-state index is 2.16. The van der Waals surface area contributed by atoms with E-state index >= 15 is 0 Å². The molecule has 116 valence electrons. The van der Waals surface area contributed by atoms with Gasteiger partial charge in [0.25, 0.3) is 0 Å². The van der Waals surface area contributed by atoms with E-state index in [1.165, 1.54) is 32.7 Å². The van der Waals surface area contributed by atoms with Gasteiger partial charge < -0.3 is 5.48 Å². The smallest absolute Gasteiger partial charge is 0.0155 e. The first-order valence-electron chi connectivity index (χ1n) is 7.64. The maximum Gasteiger partial charge on any atom is -0.0155 e. The highest BCUT2D eigenvalue weighted by atomic mass is 16.0. The Kier molecular flexibility index (Phi) is 5.51. The average molecular weight is 302 g/mol. The van der Waals surface area contributed by atoms with Crippen LogP contribution in [0.4, 0.5) is 0 Å². The lowest BCUT2D eigenvalue weighted by Crippen LogP contribution is -1.75. The molecule has 4 rings (SSSR count). The zero-order valence-corrected chi connectivity index (χ0v) is 13.6. The highest BCUT2D eigenvalue weighted by Crippen LogP contribution is 2.17.